The number of halogens is 3. The molecule has 0 aliphatic rings. The van der Waals surface area contributed by atoms with Crippen LogP contribution in [0.25, 0.3) is 0 Å². The van der Waals surface area contributed by atoms with Crippen molar-refractivity contribution in [1.82, 2.24) is 14.7 Å². The number of sulfonamides is 1. The first-order valence-corrected chi connectivity index (χ1v) is 11.4. The number of carbonyl (C=O) groups excluding carboxylic acids is 1. The van der Waals surface area contributed by atoms with Gasteiger partial charge in [-0.25, -0.2) is 18.1 Å². The van der Waals surface area contributed by atoms with E-state index >= 15 is 0 Å². The van der Waals surface area contributed by atoms with Gasteiger partial charge in [0.25, 0.3) is 0 Å². The van der Waals surface area contributed by atoms with Crippen molar-refractivity contribution in [3.05, 3.63) is 75.5 Å². The Kier molecular flexibility index (Phi) is 6.87. The van der Waals surface area contributed by atoms with Crippen LogP contribution in [0.5, 0.6) is 0 Å². The molecule has 1 N–H and O–H groups in total. The van der Waals surface area contributed by atoms with Crippen molar-refractivity contribution in [1.29, 1.82) is 0 Å². The lowest BCUT2D eigenvalue weighted by Gasteiger charge is -2.09. The summed E-state index contributed by atoms with van der Waals surface area (Å²) in [5.41, 5.74) is -0.151. The molecule has 2 heterocycles. The van der Waals surface area contributed by atoms with Gasteiger partial charge in [0, 0.05) is 30.2 Å². The maximum Gasteiger partial charge on any atom is 0.416 e. The lowest BCUT2D eigenvalue weighted by Crippen LogP contribution is -2.23. The minimum Gasteiger partial charge on any atom is -0.292 e. The van der Waals surface area contributed by atoms with Crippen LogP contribution >= 0.6 is 11.3 Å². The zero-order valence-electron chi connectivity index (χ0n) is 16.3. The number of rotatable bonds is 8. The fourth-order valence-electron chi connectivity index (χ4n) is 2.66. The Labute approximate surface area is 181 Å². The molecule has 0 saturated carbocycles. The van der Waals surface area contributed by atoms with Gasteiger partial charge in [-0.15, -0.1) is 11.3 Å². The molecule has 6 nitrogen and oxygen atoms in total. The van der Waals surface area contributed by atoms with Gasteiger partial charge in [0.05, 0.1) is 15.5 Å². The van der Waals surface area contributed by atoms with Crippen LogP contribution in [0.4, 0.5) is 13.2 Å². The number of thiazole rings is 1. The standard InChI is InChI=1S/C20H18F3N3O3S2/c1-13-24-12-16(30-13)5-9-19(27)18-8-2-14(10-25-18)11-26-31(28,29)17-6-3-15(4-7-17)20(21,22)23/h2-4,6-8,10,12,26H,5,9,11H2,1H3. The number of carbonyl (C=O) groups is 1. The molecule has 0 fully saturated rings. The van der Waals surface area contributed by atoms with E-state index in [9.17, 15) is 26.4 Å². The Morgan fingerprint density at radius 1 is 1.06 bits per heavy atom. The second-order valence-corrected chi connectivity index (χ2v) is 9.75. The summed E-state index contributed by atoms with van der Waals surface area (Å²) in [5, 5.41) is 0.934. The number of ketones is 1. The topological polar surface area (TPSA) is 89.0 Å². The van der Waals surface area contributed by atoms with Gasteiger partial charge in [-0.2, -0.15) is 13.2 Å². The molecule has 0 aliphatic heterocycles. The summed E-state index contributed by atoms with van der Waals surface area (Å²) in [4.78, 5) is 21.2. The number of benzene rings is 1. The maximum absolute atomic E-state index is 12.6. The quantitative estimate of drug-likeness (QED) is 0.501. The summed E-state index contributed by atoms with van der Waals surface area (Å²) in [7, 11) is -4.00. The molecule has 0 atom stereocenters. The molecule has 0 aliphatic carbocycles. The van der Waals surface area contributed by atoms with Crippen LogP contribution in [0.15, 0.2) is 53.7 Å². The van der Waals surface area contributed by atoms with Gasteiger partial charge in [-0.1, -0.05) is 6.07 Å². The molecule has 0 radical (unpaired) electrons. The first-order valence-electron chi connectivity index (χ1n) is 9.11. The zero-order chi connectivity index (χ0) is 22.6. The van der Waals surface area contributed by atoms with Gasteiger partial charge >= 0.3 is 6.18 Å². The van der Waals surface area contributed by atoms with Gasteiger partial charge in [0.15, 0.2) is 5.78 Å². The van der Waals surface area contributed by atoms with Gasteiger partial charge in [-0.05, 0) is 49.2 Å². The molecule has 31 heavy (non-hydrogen) atoms. The highest BCUT2D eigenvalue weighted by atomic mass is 32.2. The Morgan fingerprint density at radius 2 is 1.77 bits per heavy atom. The van der Waals surface area contributed by atoms with Gasteiger partial charge in [0.1, 0.15) is 5.69 Å². The number of Topliss-reactive ketones (excluding diaryl/α,β-unsaturated/α-hetero) is 1. The Morgan fingerprint density at radius 3 is 2.32 bits per heavy atom. The highest BCUT2D eigenvalue weighted by molar-refractivity contribution is 7.89. The van der Waals surface area contributed by atoms with Crippen molar-refractivity contribution in [2.45, 2.75) is 37.4 Å². The largest absolute Gasteiger partial charge is 0.416 e. The molecule has 164 valence electrons. The van der Waals surface area contributed by atoms with Crippen molar-refractivity contribution in [3.63, 3.8) is 0 Å². The number of hydrogen-bond acceptors (Lipinski definition) is 6. The predicted octanol–water partition coefficient (Wildman–Crippen LogP) is 4.16. The van der Waals surface area contributed by atoms with Crippen molar-refractivity contribution in [2.24, 2.45) is 0 Å². The Balaban J connectivity index is 1.57. The molecule has 3 aromatic rings. The Bertz CT molecular complexity index is 1160. The molecule has 1 aromatic carbocycles. The van der Waals surface area contributed by atoms with Crippen LogP contribution in [-0.4, -0.2) is 24.2 Å². The third-order valence-electron chi connectivity index (χ3n) is 4.34. The monoisotopic (exact) mass is 469 g/mol. The SMILES string of the molecule is Cc1ncc(CCC(=O)c2ccc(CNS(=O)(=O)c3ccc(C(F)(F)F)cc3)cn2)s1. The smallest absolute Gasteiger partial charge is 0.292 e. The first kappa shape index (κ1) is 23.0. The van der Waals surface area contributed by atoms with Crippen molar-refractivity contribution >= 4 is 27.1 Å². The zero-order valence-corrected chi connectivity index (χ0v) is 17.9. The van der Waals surface area contributed by atoms with E-state index in [2.05, 4.69) is 14.7 Å². The minimum absolute atomic E-state index is 0.120. The second-order valence-electron chi connectivity index (χ2n) is 6.67. The molecule has 0 amide bonds. The van der Waals surface area contributed by atoms with Gasteiger partial charge < -0.3 is 0 Å². The van der Waals surface area contributed by atoms with E-state index in [4.69, 9.17) is 0 Å². The molecule has 3 rings (SSSR count). The maximum atomic E-state index is 12.6. The average Bonchev–Trinajstić information content (AvgIpc) is 3.15. The number of pyridine rings is 1. The normalized spacial score (nSPS) is 12.1. The van der Waals surface area contributed by atoms with E-state index < -0.39 is 21.8 Å². The van der Waals surface area contributed by atoms with Crippen LogP contribution in [0.1, 0.15) is 37.9 Å². The summed E-state index contributed by atoms with van der Waals surface area (Å²) < 4.78 is 64.7. The van der Waals surface area contributed by atoms with Crippen LogP contribution in [0, 0.1) is 6.92 Å². The number of nitrogens with zero attached hydrogens (tertiary/aromatic N) is 2. The van der Waals surface area contributed by atoms with Crippen LogP contribution in [0.2, 0.25) is 0 Å². The third kappa shape index (κ3) is 6.18. The van der Waals surface area contributed by atoms with E-state index in [0.29, 0.717) is 24.1 Å². The molecule has 0 bridgehead atoms. The van der Waals surface area contributed by atoms with E-state index in [1.165, 1.54) is 23.6 Å². The average molecular weight is 470 g/mol. The summed E-state index contributed by atoms with van der Waals surface area (Å²) in [5.74, 6) is -0.136. The van der Waals surface area contributed by atoms with Gasteiger partial charge in [-0.3, -0.25) is 9.78 Å². The van der Waals surface area contributed by atoms with E-state index in [0.717, 1.165) is 22.0 Å². The van der Waals surface area contributed by atoms with Crippen molar-refractivity contribution in [2.75, 3.05) is 0 Å². The summed E-state index contributed by atoms with van der Waals surface area (Å²) >= 11 is 1.53. The second kappa shape index (κ2) is 9.25. The van der Waals surface area contributed by atoms with Gasteiger partial charge in [0.2, 0.25) is 10.0 Å². The molecular weight excluding hydrogens is 451 g/mol. The van der Waals surface area contributed by atoms with E-state index in [1.54, 1.807) is 12.3 Å². The number of aromatic nitrogens is 2. The lowest BCUT2D eigenvalue weighted by molar-refractivity contribution is -0.137. The number of nitrogens with one attached hydrogen (secondary N) is 1. The molecule has 0 spiro atoms. The van der Waals surface area contributed by atoms with Crippen LogP contribution in [0.3, 0.4) is 0 Å². The third-order valence-corrected chi connectivity index (χ3v) is 6.73. The van der Waals surface area contributed by atoms with Crippen LogP contribution < -0.4 is 4.72 Å². The number of alkyl halides is 3. The highest BCUT2D eigenvalue weighted by Crippen LogP contribution is 2.29. The first-order chi connectivity index (χ1) is 14.5. The van der Waals surface area contributed by atoms with E-state index in [1.807, 2.05) is 6.92 Å². The molecular formula is C20H18F3N3O3S2. The predicted molar refractivity (Wildman–Crippen MR) is 109 cm³/mol. The fraction of sp³-hybridized carbons (Fsp3) is 0.250. The fourth-order valence-corrected chi connectivity index (χ4v) is 4.48. The van der Waals surface area contributed by atoms with Crippen molar-refractivity contribution in [3.8, 4) is 0 Å². The Hall–Kier alpha value is -2.63. The highest BCUT2D eigenvalue weighted by Gasteiger charge is 2.30. The van der Waals surface area contributed by atoms with Crippen molar-refractivity contribution < 1.29 is 26.4 Å². The summed E-state index contributed by atoms with van der Waals surface area (Å²) in [6.45, 7) is 1.77. The molecule has 0 saturated heterocycles. The number of hydrogen-bond donors (Lipinski definition) is 1. The lowest BCUT2D eigenvalue weighted by atomic mass is 10.1. The molecule has 11 heteroatoms. The minimum atomic E-state index is -4.54. The molecule has 2 aromatic heterocycles. The van der Waals surface area contributed by atoms with Crippen LogP contribution in [-0.2, 0) is 29.2 Å². The number of aryl methyl sites for hydroxylation is 2. The summed E-state index contributed by atoms with van der Waals surface area (Å²) in [6, 6.07) is 6.31. The van der Waals surface area contributed by atoms with E-state index in [-0.39, 0.29) is 29.3 Å². The molecule has 0 unspecified atom stereocenters. The summed E-state index contributed by atoms with van der Waals surface area (Å²) in [6.07, 6.45) is -0.554.